The molecule has 0 radical (unpaired) electrons. The standard InChI is InChI=1S/C21H24N2O/c1-15-8-10-18(11-9-15)13-23(4)14-20-17(3)24-21(22-20)19-7-5-6-16(2)12-19/h5-12H,13-14H2,1-4H3. The van der Waals surface area contributed by atoms with Crippen LogP contribution in [-0.2, 0) is 13.1 Å². The van der Waals surface area contributed by atoms with Crippen molar-refractivity contribution in [3.8, 4) is 11.5 Å². The van der Waals surface area contributed by atoms with Gasteiger partial charge in [-0.3, -0.25) is 4.90 Å². The van der Waals surface area contributed by atoms with Crippen LogP contribution in [-0.4, -0.2) is 16.9 Å². The van der Waals surface area contributed by atoms with E-state index in [2.05, 4.69) is 62.2 Å². The predicted octanol–water partition coefficient (Wildman–Crippen LogP) is 4.90. The third-order valence-electron chi connectivity index (χ3n) is 4.15. The topological polar surface area (TPSA) is 29.3 Å². The highest BCUT2D eigenvalue weighted by Gasteiger charge is 2.13. The second-order valence-corrected chi connectivity index (χ2v) is 6.55. The Labute approximate surface area is 144 Å². The summed E-state index contributed by atoms with van der Waals surface area (Å²) in [6.45, 7) is 7.84. The largest absolute Gasteiger partial charge is 0.441 e. The highest BCUT2D eigenvalue weighted by atomic mass is 16.4. The third kappa shape index (κ3) is 3.92. The van der Waals surface area contributed by atoms with Crippen LogP contribution >= 0.6 is 0 Å². The van der Waals surface area contributed by atoms with E-state index in [0.717, 1.165) is 30.1 Å². The quantitative estimate of drug-likeness (QED) is 0.669. The first-order valence-electron chi connectivity index (χ1n) is 8.28. The number of oxazole rings is 1. The summed E-state index contributed by atoms with van der Waals surface area (Å²) >= 11 is 0. The van der Waals surface area contributed by atoms with Crippen LogP contribution in [0.5, 0.6) is 0 Å². The van der Waals surface area contributed by atoms with Gasteiger partial charge in [0.05, 0.1) is 5.69 Å². The Morgan fingerprint density at radius 3 is 2.38 bits per heavy atom. The zero-order valence-corrected chi connectivity index (χ0v) is 14.8. The first-order valence-corrected chi connectivity index (χ1v) is 8.28. The fraction of sp³-hybridized carbons (Fsp3) is 0.286. The number of rotatable bonds is 5. The maximum Gasteiger partial charge on any atom is 0.226 e. The minimum atomic E-state index is 0.704. The van der Waals surface area contributed by atoms with E-state index >= 15 is 0 Å². The van der Waals surface area contributed by atoms with Gasteiger partial charge in [-0.05, 0) is 45.5 Å². The molecule has 0 saturated carbocycles. The molecule has 0 atom stereocenters. The van der Waals surface area contributed by atoms with Crippen molar-refractivity contribution in [1.82, 2.24) is 9.88 Å². The molecule has 3 rings (SSSR count). The van der Waals surface area contributed by atoms with Crippen molar-refractivity contribution in [2.45, 2.75) is 33.9 Å². The summed E-state index contributed by atoms with van der Waals surface area (Å²) in [5.74, 6) is 1.59. The minimum Gasteiger partial charge on any atom is -0.441 e. The summed E-state index contributed by atoms with van der Waals surface area (Å²) in [7, 11) is 2.11. The van der Waals surface area contributed by atoms with E-state index in [1.54, 1.807) is 0 Å². The molecule has 0 bridgehead atoms. The fourth-order valence-corrected chi connectivity index (χ4v) is 2.79. The average Bonchev–Trinajstić information content (AvgIpc) is 2.90. The van der Waals surface area contributed by atoms with Gasteiger partial charge in [-0.2, -0.15) is 0 Å². The molecule has 0 unspecified atom stereocenters. The maximum atomic E-state index is 5.88. The predicted molar refractivity (Wildman–Crippen MR) is 97.8 cm³/mol. The zero-order valence-electron chi connectivity index (χ0n) is 14.8. The van der Waals surface area contributed by atoms with Crippen LogP contribution in [0.15, 0.2) is 52.9 Å². The molecular formula is C21H24N2O. The van der Waals surface area contributed by atoms with E-state index in [1.165, 1.54) is 16.7 Å². The van der Waals surface area contributed by atoms with Gasteiger partial charge >= 0.3 is 0 Å². The Balaban J connectivity index is 1.72. The minimum absolute atomic E-state index is 0.704. The van der Waals surface area contributed by atoms with Gasteiger partial charge in [-0.1, -0.05) is 47.5 Å². The van der Waals surface area contributed by atoms with E-state index in [4.69, 9.17) is 9.40 Å². The van der Waals surface area contributed by atoms with Crippen LogP contribution in [0, 0.1) is 20.8 Å². The number of aromatic nitrogens is 1. The normalized spacial score (nSPS) is 11.2. The highest BCUT2D eigenvalue weighted by Crippen LogP contribution is 2.23. The molecule has 3 heteroatoms. The lowest BCUT2D eigenvalue weighted by atomic mass is 10.1. The molecule has 1 aromatic heterocycles. The maximum absolute atomic E-state index is 5.88. The smallest absolute Gasteiger partial charge is 0.226 e. The number of benzene rings is 2. The summed E-state index contributed by atoms with van der Waals surface area (Å²) < 4.78 is 5.88. The molecule has 24 heavy (non-hydrogen) atoms. The second kappa shape index (κ2) is 7.02. The molecule has 0 aliphatic heterocycles. The fourth-order valence-electron chi connectivity index (χ4n) is 2.79. The van der Waals surface area contributed by atoms with Crippen molar-refractivity contribution in [3.05, 3.63) is 76.7 Å². The van der Waals surface area contributed by atoms with Gasteiger partial charge < -0.3 is 4.42 Å². The van der Waals surface area contributed by atoms with Crippen molar-refractivity contribution in [1.29, 1.82) is 0 Å². The van der Waals surface area contributed by atoms with E-state index in [9.17, 15) is 0 Å². The Morgan fingerprint density at radius 2 is 1.67 bits per heavy atom. The van der Waals surface area contributed by atoms with Crippen molar-refractivity contribution in [2.24, 2.45) is 0 Å². The molecule has 0 spiro atoms. The number of hydrogen-bond acceptors (Lipinski definition) is 3. The second-order valence-electron chi connectivity index (χ2n) is 6.55. The van der Waals surface area contributed by atoms with Gasteiger partial charge in [0.1, 0.15) is 5.76 Å². The van der Waals surface area contributed by atoms with E-state index < -0.39 is 0 Å². The first kappa shape index (κ1) is 16.5. The Hall–Kier alpha value is -2.39. The van der Waals surface area contributed by atoms with E-state index in [0.29, 0.717) is 5.89 Å². The number of hydrogen-bond donors (Lipinski definition) is 0. The van der Waals surface area contributed by atoms with E-state index in [-0.39, 0.29) is 0 Å². The highest BCUT2D eigenvalue weighted by molar-refractivity contribution is 5.54. The Bertz CT molecular complexity index is 818. The van der Waals surface area contributed by atoms with Crippen molar-refractivity contribution < 1.29 is 4.42 Å². The van der Waals surface area contributed by atoms with Crippen molar-refractivity contribution in [2.75, 3.05) is 7.05 Å². The molecular weight excluding hydrogens is 296 g/mol. The lowest BCUT2D eigenvalue weighted by Gasteiger charge is -2.15. The lowest BCUT2D eigenvalue weighted by Crippen LogP contribution is -2.18. The summed E-state index contributed by atoms with van der Waals surface area (Å²) in [6.07, 6.45) is 0. The first-order chi connectivity index (χ1) is 11.5. The van der Waals surface area contributed by atoms with Gasteiger partial charge in [0.2, 0.25) is 5.89 Å². The van der Waals surface area contributed by atoms with Crippen LogP contribution in [0.4, 0.5) is 0 Å². The molecule has 1 heterocycles. The van der Waals surface area contributed by atoms with Gasteiger partial charge in [0.15, 0.2) is 0 Å². The SMILES string of the molecule is Cc1ccc(CN(C)Cc2nc(-c3cccc(C)c3)oc2C)cc1. The molecule has 3 nitrogen and oxygen atoms in total. The summed E-state index contributed by atoms with van der Waals surface area (Å²) in [5.41, 5.74) is 5.84. The zero-order chi connectivity index (χ0) is 17.1. The Morgan fingerprint density at radius 1 is 0.917 bits per heavy atom. The molecule has 0 aliphatic carbocycles. The van der Waals surface area contributed by atoms with Crippen LogP contribution in [0.25, 0.3) is 11.5 Å². The molecule has 3 aromatic rings. The molecule has 0 aliphatic rings. The molecule has 2 aromatic carbocycles. The van der Waals surface area contributed by atoms with Crippen LogP contribution < -0.4 is 0 Å². The average molecular weight is 320 g/mol. The van der Waals surface area contributed by atoms with Gasteiger partial charge in [0, 0.05) is 18.7 Å². The monoisotopic (exact) mass is 320 g/mol. The molecule has 0 fully saturated rings. The Kier molecular flexibility index (Phi) is 4.81. The number of aryl methyl sites for hydroxylation is 3. The van der Waals surface area contributed by atoms with Crippen molar-refractivity contribution in [3.63, 3.8) is 0 Å². The third-order valence-corrected chi connectivity index (χ3v) is 4.15. The van der Waals surface area contributed by atoms with Crippen molar-refractivity contribution >= 4 is 0 Å². The van der Waals surface area contributed by atoms with Crippen LogP contribution in [0.3, 0.4) is 0 Å². The van der Waals surface area contributed by atoms with Gasteiger partial charge in [0.25, 0.3) is 0 Å². The summed E-state index contributed by atoms with van der Waals surface area (Å²) in [4.78, 5) is 6.97. The molecule has 0 N–H and O–H groups in total. The van der Waals surface area contributed by atoms with E-state index in [1.807, 2.05) is 19.1 Å². The van der Waals surface area contributed by atoms with Crippen LogP contribution in [0.2, 0.25) is 0 Å². The number of nitrogens with zero attached hydrogens (tertiary/aromatic N) is 2. The summed E-state index contributed by atoms with van der Waals surface area (Å²) in [6, 6.07) is 16.9. The van der Waals surface area contributed by atoms with Gasteiger partial charge in [-0.15, -0.1) is 0 Å². The lowest BCUT2D eigenvalue weighted by molar-refractivity contribution is 0.313. The van der Waals surface area contributed by atoms with Crippen LogP contribution in [0.1, 0.15) is 28.1 Å². The molecule has 0 saturated heterocycles. The summed E-state index contributed by atoms with van der Waals surface area (Å²) in [5, 5.41) is 0. The molecule has 0 amide bonds. The molecule has 124 valence electrons. The van der Waals surface area contributed by atoms with Gasteiger partial charge in [-0.25, -0.2) is 4.98 Å².